The van der Waals surface area contributed by atoms with Crippen molar-refractivity contribution in [1.82, 2.24) is 59.5 Å². The number of hydrogen-bond acceptors (Lipinski definition) is 14. The molecule has 19 heteroatoms. The zero-order chi connectivity index (χ0) is 51.6. The number of nitrogens with zero attached hydrogens (tertiary/aromatic N) is 12. The van der Waals surface area contributed by atoms with Gasteiger partial charge in [-0.3, -0.25) is 19.6 Å². The third-order valence-electron chi connectivity index (χ3n) is 12.4. The van der Waals surface area contributed by atoms with Crippen molar-refractivity contribution in [3.8, 4) is 34.9 Å². The molecule has 2 amide bonds. The number of carbonyl (C=O) groups is 2. The Kier molecular flexibility index (Phi) is 16.0. The lowest BCUT2D eigenvalue weighted by molar-refractivity contribution is 0.0652. The van der Waals surface area contributed by atoms with E-state index in [4.69, 9.17) is 16.9 Å². The molecule has 2 fully saturated rings. The standard InChI is InChI=1S/C27H28N8O.C23H22ClN7O.C4H7N/c1-27(2,17-28)19-6-8-29-23(16-19)22-7-9-30-26(33-22)31-20-4-5-21-18(14-20)15-24(32-21)25(36)35-12-10-34(3)11-13-35;1-30-8-10-31(11-9-30)22(32)21-13-15-12-17(2-3-18(15)28-21)27-23-26-7-5-19(29-23)20-14-16(24)4-6-25-20;1-4(2)3-5/h4-9,14-16,32H,10-13H2,1-3H3,(H,30,31,33);2-7,12-14,28H,8-11H2,1H3,(H,26,27,29);4H,1-2H3. The highest BCUT2D eigenvalue weighted by Crippen LogP contribution is 2.28. The van der Waals surface area contributed by atoms with E-state index in [0.29, 0.717) is 51.1 Å². The van der Waals surface area contributed by atoms with E-state index in [2.05, 4.69) is 80.5 Å². The second-order valence-corrected chi connectivity index (χ2v) is 19.2. The predicted octanol–water partition coefficient (Wildman–Crippen LogP) is 8.92. The smallest absolute Gasteiger partial charge is 0.270 e. The Morgan fingerprint density at radius 1 is 0.603 bits per heavy atom. The number of H-pyrrole nitrogens is 2. The minimum Gasteiger partial charge on any atom is -0.351 e. The third kappa shape index (κ3) is 13.0. The molecule has 4 N–H and O–H groups in total. The Balaban J connectivity index is 0.000000179. The van der Waals surface area contributed by atoms with Gasteiger partial charge in [0.1, 0.15) is 11.4 Å². The number of rotatable bonds is 9. The topological polar surface area (TPSA) is 228 Å². The van der Waals surface area contributed by atoms with Crippen molar-refractivity contribution in [2.75, 3.05) is 77.1 Å². The number of anilines is 4. The maximum Gasteiger partial charge on any atom is 0.270 e. The quantitative estimate of drug-likeness (QED) is 0.106. The van der Waals surface area contributed by atoms with Gasteiger partial charge in [-0.1, -0.05) is 11.6 Å². The molecule has 372 valence electrons. The Hall–Kier alpha value is -8.29. The molecule has 73 heavy (non-hydrogen) atoms. The predicted molar refractivity (Wildman–Crippen MR) is 285 cm³/mol. The molecule has 8 heterocycles. The van der Waals surface area contributed by atoms with Gasteiger partial charge in [-0.05, 0) is 132 Å². The summed E-state index contributed by atoms with van der Waals surface area (Å²) in [7, 11) is 4.14. The van der Waals surface area contributed by atoms with E-state index in [9.17, 15) is 14.9 Å². The lowest BCUT2D eigenvalue weighted by Crippen LogP contribution is -2.47. The van der Waals surface area contributed by atoms with E-state index in [-0.39, 0.29) is 17.7 Å². The van der Waals surface area contributed by atoms with Crippen molar-refractivity contribution in [3.63, 3.8) is 0 Å². The van der Waals surface area contributed by atoms with Crippen molar-refractivity contribution in [2.24, 2.45) is 5.92 Å². The fourth-order valence-corrected chi connectivity index (χ4v) is 8.12. The van der Waals surface area contributed by atoms with Crippen molar-refractivity contribution in [3.05, 3.63) is 132 Å². The highest BCUT2D eigenvalue weighted by Gasteiger charge is 2.24. The molecule has 0 radical (unpaired) electrons. The molecule has 0 atom stereocenters. The number of amides is 2. The van der Waals surface area contributed by atoms with Gasteiger partial charge < -0.3 is 40.2 Å². The Morgan fingerprint density at radius 3 is 1.48 bits per heavy atom. The number of likely N-dealkylation sites (N-methyl/N-ethyl adjacent to an activating group) is 2. The largest absolute Gasteiger partial charge is 0.351 e. The van der Waals surface area contributed by atoms with E-state index in [1.807, 2.05) is 104 Å². The van der Waals surface area contributed by atoms with Crippen LogP contribution >= 0.6 is 11.6 Å². The molecule has 8 aromatic rings. The van der Waals surface area contributed by atoms with Crippen LogP contribution < -0.4 is 10.6 Å². The number of aromatic nitrogens is 8. The molecule has 0 unspecified atom stereocenters. The number of benzene rings is 2. The number of fused-ring (bicyclic) bond motifs is 2. The van der Waals surface area contributed by atoms with Crippen LogP contribution in [0.15, 0.2) is 110 Å². The van der Waals surface area contributed by atoms with Gasteiger partial charge in [-0.15, -0.1) is 0 Å². The molecule has 0 aliphatic carbocycles. The van der Waals surface area contributed by atoms with E-state index in [1.165, 1.54) is 0 Å². The van der Waals surface area contributed by atoms with Crippen molar-refractivity contribution >= 4 is 68.5 Å². The number of carbonyl (C=O) groups excluding carboxylic acids is 2. The fraction of sp³-hybridized carbons (Fsp3) is 0.296. The van der Waals surface area contributed by atoms with Crippen molar-refractivity contribution in [2.45, 2.75) is 33.1 Å². The molecular formula is C54H57ClN16O2. The summed E-state index contributed by atoms with van der Waals surface area (Å²) >= 11 is 6.07. The second kappa shape index (κ2) is 22.9. The Morgan fingerprint density at radius 2 is 1.04 bits per heavy atom. The molecule has 0 bridgehead atoms. The SMILES string of the molecule is CC(C)C#N.CN1CCN(C(=O)c2cc3cc(Nc4nccc(-c5cc(C(C)(C)C#N)ccn5)n4)ccc3[nH]2)CC1.CN1CCN(C(=O)c2cc3cc(Nc4nccc(-c5cc(Cl)ccn5)n4)ccc3[nH]2)CC1. The van der Waals surface area contributed by atoms with Gasteiger partial charge in [-0.25, -0.2) is 19.9 Å². The number of pyridine rings is 2. The summed E-state index contributed by atoms with van der Waals surface area (Å²) in [5.74, 6) is 1.14. The fourth-order valence-electron chi connectivity index (χ4n) is 7.96. The molecule has 10 rings (SSSR count). The first-order chi connectivity index (χ1) is 35.1. The minimum absolute atomic E-state index is 0.0270. The second-order valence-electron chi connectivity index (χ2n) is 18.8. The van der Waals surface area contributed by atoms with Gasteiger partial charge in [0, 0.05) is 121 Å². The first-order valence-electron chi connectivity index (χ1n) is 24.0. The van der Waals surface area contributed by atoms with Crippen LogP contribution in [0.2, 0.25) is 5.02 Å². The van der Waals surface area contributed by atoms with Gasteiger partial charge in [0.15, 0.2) is 0 Å². The molecule has 18 nitrogen and oxygen atoms in total. The van der Waals surface area contributed by atoms with Gasteiger partial charge in [-0.2, -0.15) is 10.5 Å². The number of aromatic amines is 2. The zero-order valence-corrected chi connectivity index (χ0v) is 42.4. The van der Waals surface area contributed by atoms with E-state index >= 15 is 0 Å². The minimum atomic E-state index is -0.623. The van der Waals surface area contributed by atoms with Gasteiger partial charge in [0.05, 0.1) is 40.3 Å². The van der Waals surface area contributed by atoms with Crippen LogP contribution in [-0.4, -0.2) is 138 Å². The third-order valence-corrected chi connectivity index (χ3v) is 12.6. The van der Waals surface area contributed by atoms with Crippen LogP contribution in [-0.2, 0) is 5.41 Å². The number of nitriles is 2. The van der Waals surface area contributed by atoms with Crippen molar-refractivity contribution in [1.29, 1.82) is 10.5 Å². The Bertz CT molecular complexity index is 3320. The molecule has 0 saturated carbocycles. The number of nitrogens with one attached hydrogen (secondary N) is 4. The maximum atomic E-state index is 12.9. The number of hydrogen-bond donors (Lipinski definition) is 4. The van der Waals surface area contributed by atoms with Gasteiger partial charge in [0.2, 0.25) is 11.9 Å². The Labute approximate surface area is 429 Å². The van der Waals surface area contributed by atoms with Crippen LogP contribution in [0, 0.1) is 28.6 Å². The molecule has 2 aromatic carbocycles. The summed E-state index contributed by atoms with van der Waals surface area (Å²) in [5, 5.41) is 26.3. The van der Waals surface area contributed by atoms with E-state index in [1.54, 1.807) is 49.1 Å². The van der Waals surface area contributed by atoms with Crippen LogP contribution in [0.4, 0.5) is 23.3 Å². The summed E-state index contributed by atoms with van der Waals surface area (Å²) in [6, 6.07) is 30.6. The van der Waals surface area contributed by atoms with Crippen LogP contribution in [0.5, 0.6) is 0 Å². The average molecular weight is 998 g/mol. The van der Waals surface area contributed by atoms with E-state index < -0.39 is 5.41 Å². The summed E-state index contributed by atoms with van der Waals surface area (Å²) in [5.41, 5.74) is 7.58. The number of halogens is 1. The maximum absolute atomic E-state index is 12.9. The molecule has 2 aliphatic rings. The average Bonchev–Trinajstić information content (AvgIpc) is 4.04. The van der Waals surface area contributed by atoms with Gasteiger partial charge >= 0.3 is 0 Å². The normalized spacial score (nSPS) is 14.1. The lowest BCUT2D eigenvalue weighted by Gasteiger charge is -2.32. The molecule has 6 aromatic heterocycles. The molecule has 0 spiro atoms. The highest BCUT2D eigenvalue weighted by atomic mass is 35.5. The van der Waals surface area contributed by atoms with Crippen LogP contribution in [0.25, 0.3) is 44.6 Å². The molecular weight excluding hydrogens is 940 g/mol. The van der Waals surface area contributed by atoms with Crippen LogP contribution in [0.1, 0.15) is 54.2 Å². The van der Waals surface area contributed by atoms with Crippen molar-refractivity contribution < 1.29 is 9.59 Å². The molecule has 2 saturated heterocycles. The highest BCUT2D eigenvalue weighted by molar-refractivity contribution is 6.30. The first-order valence-corrected chi connectivity index (χ1v) is 24.3. The molecule has 2 aliphatic heterocycles. The van der Waals surface area contributed by atoms with Gasteiger partial charge in [0.25, 0.3) is 11.8 Å². The summed E-state index contributed by atoms with van der Waals surface area (Å²) in [4.78, 5) is 67.1. The summed E-state index contributed by atoms with van der Waals surface area (Å²) < 4.78 is 0. The monoisotopic (exact) mass is 996 g/mol. The first kappa shape index (κ1) is 51.1. The lowest BCUT2D eigenvalue weighted by atomic mass is 9.86. The summed E-state index contributed by atoms with van der Waals surface area (Å²) in [6.45, 7) is 14.0. The van der Waals surface area contributed by atoms with Crippen LogP contribution in [0.3, 0.4) is 0 Å². The zero-order valence-electron chi connectivity index (χ0n) is 41.7. The summed E-state index contributed by atoms with van der Waals surface area (Å²) in [6.07, 6.45) is 6.69. The van der Waals surface area contributed by atoms with E-state index in [0.717, 1.165) is 91.1 Å². The number of piperazine rings is 2.